The summed E-state index contributed by atoms with van der Waals surface area (Å²) < 4.78 is 4.65. The van der Waals surface area contributed by atoms with Crippen LogP contribution < -0.4 is 5.32 Å². The van der Waals surface area contributed by atoms with E-state index in [1.807, 2.05) is 6.92 Å². The Morgan fingerprint density at radius 3 is 2.56 bits per heavy atom. The van der Waals surface area contributed by atoms with Crippen molar-refractivity contribution in [2.45, 2.75) is 20.4 Å². The van der Waals surface area contributed by atoms with Crippen LogP contribution in [-0.2, 0) is 16.1 Å². The second kappa shape index (κ2) is 6.28. The fraction of sp³-hybridized carbons (Fsp3) is 0.462. The number of ether oxygens (including phenoxy) is 1. The minimum atomic E-state index is -0.170. The van der Waals surface area contributed by atoms with Crippen LogP contribution in [0.4, 0.5) is 0 Å². The van der Waals surface area contributed by atoms with E-state index < -0.39 is 0 Å². The zero-order valence-corrected chi connectivity index (χ0v) is 10.1. The first-order valence-corrected chi connectivity index (χ1v) is 5.47. The highest BCUT2D eigenvalue weighted by atomic mass is 16.5. The van der Waals surface area contributed by atoms with Crippen molar-refractivity contribution in [1.82, 2.24) is 5.32 Å². The van der Waals surface area contributed by atoms with Crippen LogP contribution in [0.1, 0.15) is 18.1 Å². The lowest BCUT2D eigenvalue weighted by Gasteiger charge is -2.10. The van der Waals surface area contributed by atoms with E-state index in [2.05, 4.69) is 41.2 Å². The molecule has 0 aliphatic rings. The molecule has 1 rings (SSSR count). The van der Waals surface area contributed by atoms with Crippen LogP contribution in [0.2, 0.25) is 0 Å². The number of rotatable bonds is 5. The molecule has 0 radical (unpaired) electrons. The van der Waals surface area contributed by atoms with Crippen LogP contribution >= 0.6 is 0 Å². The number of carbonyl (C=O) groups excluding carboxylic acids is 1. The number of nitrogens with one attached hydrogen (secondary N) is 1. The molecule has 0 saturated carbocycles. The van der Waals surface area contributed by atoms with Gasteiger partial charge in [0.05, 0.1) is 13.0 Å². The third-order valence-corrected chi connectivity index (χ3v) is 2.50. The largest absolute Gasteiger partial charge is 0.469 e. The van der Waals surface area contributed by atoms with Gasteiger partial charge >= 0.3 is 5.97 Å². The van der Waals surface area contributed by atoms with E-state index in [-0.39, 0.29) is 11.9 Å². The number of aryl methyl sites for hydroxylation is 1. The maximum Gasteiger partial charge on any atom is 0.309 e. The number of benzene rings is 1. The Morgan fingerprint density at radius 2 is 2.00 bits per heavy atom. The summed E-state index contributed by atoms with van der Waals surface area (Å²) in [5.74, 6) is -0.271. The molecule has 1 aromatic rings. The second-order valence-corrected chi connectivity index (χ2v) is 4.04. The predicted octanol–water partition coefficient (Wildman–Crippen LogP) is 1.89. The number of methoxy groups -OCH3 is 1. The average molecular weight is 221 g/mol. The standard InChI is InChI=1S/C13H19NO2/c1-10-4-6-12(7-5-10)9-14-8-11(2)13(15)16-3/h4-7,11,14H,8-9H2,1-3H3/t11-/m0/s1. The summed E-state index contributed by atoms with van der Waals surface area (Å²) in [6.07, 6.45) is 0. The molecule has 3 nitrogen and oxygen atoms in total. The van der Waals surface area contributed by atoms with Gasteiger partial charge in [-0.15, -0.1) is 0 Å². The minimum absolute atomic E-state index is 0.101. The maximum absolute atomic E-state index is 11.1. The first-order chi connectivity index (χ1) is 7.63. The normalized spacial score (nSPS) is 12.2. The van der Waals surface area contributed by atoms with Crippen molar-refractivity contribution in [2.24, 2.45) is 5.92 Å². The molecular formula is C13H19NO2. The molecule has 0 aliphatic heterocycles. The van der Waals surface area contributed by atoms with Crippen LogP contribution in [-0.4, -0.2) is 19.6 Å². The highest BCUT2D eigenvalue weighted by molar-refractivity contribution is 5.72. The fourth-order valence-corrected chi connectivity index (χ4v) is 1.42. The van der Waals surface area contributed by atoms with E-state index >= 15 is 0 Å². The molecule has 0 aliphatic carbocycles. The lowest BCUT2D eigenvalue weighted by atomic mass is 10.1. The van der Waals surface area contributed by atoms with E-state index in [0.717, 1.165) is 6.54 Å². The lowest BCUT2D eigenvalue weighted by molar-refractivity contribution is -0.144. The van der Waals surface area contributed by atoms with Crippen molar-refractivity contribution in [3.05, 3.63) is 35.4 Å². The van der Waals surface area contributed by atoms with Gasteiger partial charge in [-0.3, -0.25) is 4.79 Å². The zero-order valence-electron chi connectivity index (χ0n) is 10.1. The van der Waals surface area contributed by atoms with E-state index in [9.17, 15) is 4.79 Å². The first kappa shape index (κ1) is 12.7. The van der Waals surface area contributed by atoms with Crippen LogP contribution in [0.25, 0.3) is 0 Å². The molecule has 0 amide bonds. The number of carbonyl (C=O) groups is 1. The van der Waals surface area contributed by atoms with Crippen molar-refractivity contribution < 1.29 is 9.53 Å². The fourth-order valence-electron chi connectivity index (χ4n) is 1.42. The molecule has 1 N–H and O–H groups in total. The van der Waals surface area contributed by atoms with Gasteiger partial charge in [-0.2, -0.15) is 0 Å². The van der Waals surface area contributed by atoms with Crippen molar-refractivity contribution in [3.63, 3.8) is 0 Å². The summed E-state index contributed by atoms with van der Waals surface area (Å²) in [5, 5.41) is 3.24. The van der Waals surface area contributed by atoms with E-state index in [1.54, 1.807) is 0 Å². The number of hydrogen-bond donors (Lipinski definition) is 1. The van der Waals surface area contributed by atoms with Crippen molar-refractivity contribution in [2.75, 3.05) is 13.7 Å². The molecule has 1 atom stereocenters. The molecule has 0 heterocycles. The van der Waals surface area contributed by atoms with Gasteiger partial charge in [-0.1, -0.05) is 36.8 Å². The van der Waals surface area contributed by atoms with E-state index in [4.69, 9.17) is 0 Å². The third kappa shape index (κ3) is 4.03. The molecule has 1 aromatic carbocycles. The Labute approximate surface area is 96.8 Å². The zero-order chi connectivity index (χ0) is 12.0. The molecule has 0 bridgehead atoms. The van der Waals surface area contributed by atoms with Crippen molar-refractivity contribution in [1.29, 1.82) is 0 Å². The second-order valence-electron chi connectivity index (χ2n) is 4.04. The summed E-state index contributed by atoms with van der Waals surface area (Å²) in [6.45, 7) is 5.34. The van der Waals surface area contributed by atoms with E-state index in [1.165, 1.54) is 18.2 Å². The Morgan fingerprint density at radius 1 is 1.38 bits per heavy atom. The van der Waals surface area contributed by atoms with Crippen LogP contribution in [0.5, 0.6) is 0 Å². The van der Waals surface area contributed by atoms with Gasteiger partial charge in [-0.05, 0) is 12.5 Å². The van der Waals surface area contributed by atoms with Crippen LogP contribution in [0, 0.1) is 12.8 Å². The Hall–Kier alpha value is -1.35. The Kier molecular flexibility index (Phi) is 4.99. The van der Waals surface area contributed by atoms with Gasteiger partial charge in [0.25, 0.3) is 0 Å². The Balaban J connectivity index is 2.30. The number of esters is 1. The molecule has 0 spiro atoms. The van der Waals surface area contributed by atoms with Gasteiger partial charge in [0.2, 0.25) is 0 Å². The van der Waals surface area contributed by atoms with Crippen LogP contribution in [0.3, 0.4) is 0 Å². The molecule has 3 heteroatoms. The Bertz CT molecular complexity index is 332. The van der Waals surface area contributed by atoms with Gasteiger partial charge < -0.3 is 10.1 Å². The first-order valence-electron chi connectivity index (χ1n) is 5.47. The summed E-state index contributed by atoms with van der Waals surface area (Å²) >= 11 is 0. The third-order valence-electron chi connectivity index (χ3n) is 2.50. The lowest BCUT2D eigenvalue weighted by Crippen LogP contribution is -2.26. The van der Waals surface area contributed by atoms with Gasteiger partial charge in [0.15, 0.2) is 0 Å². The monoisotopic (exact) mass is 221 g/mol. The van der Waals surface area contributed by atoms with Crippen molar-refractivity contribution in [3.8, 4) is 0 Å². The van der Waals surface area contributed by atoms with Gasteiger partial charge in [0, 0.05) is 13.1 Å². The summed E-state index contributed by atoms with van der Waals surface area (Å²) in [6, 6.07) is 8.35. The van der Waals surface area contributed by atoms with E-state index in [0.29, 0.717) is 6.54 Å². The molecular weight excluding hydrogens is 202 g/mol. The molecule has 0 fully saturated rings. The number of hydrogen-bond acceptors (Lipinski definition) is 3. The topological polar surface area (TPSA) is 38.3 Å². The quantitative estimate of drug-likeness (QED) is 0.772. The summed E-state index contributed by atoms with van der Waals surface area (Å²) in [7, 11) is 1.42. The maximum atomic E-state index is 11.1. The summed E-state index contributed by atoms with van der Waals surface area (Å²) in [4.78, 5) is 11.1. The molecule has 0 unspecified atom stereocenters. The van der Waals surface area contributed by atoms with Crippen molar-refractivity contribution >= 4 is 5.97 Å². The predicted molar refractivity (Wildman–Crippen MR) is 64.1 cm³/mol. The molecule has 88 valence electrons. The molecule has 0 aromatic heterocycles. The summed E-state index contributed by atoms with van der Waals surface area (Å²) in [5.41, 5.74) is 2.48. The van der Waals surface area contributed by atoms with Crippen LogP contribution in [0.15, 0.2) is 24.3 Å². The molecule has 0 saturated heterocycles. The average Bonchev–Trinajstić information content (AvgIpc) is 2.30. The highest BCUT2D eigenvalue weighted by Gasteiger charge is 2.11. The molecule has 16 heavy (non-hydrogen) atoms. The minimum Gasteiger partial charge on any atom is -0.469 e. The smallest absolute Gasteiger partial charge is 0.309 e. The highest BCUT2D eigenvalue weighted by Crippen LogP contribution is 2.03. The SMILES string of the molecule is COC(=O)[C@@H](C)CNCc1ccc(C)cc1. The van der Waals surface area contributed by atoms with Gasteiger partial charge in [-0.25, -0.2) is 0 Å². The van der Waals surface area contributed by atoms with Gasteiger partial charge in [0.1, 0.15) is 0 Å².